The molecule has 6 nitrogen and oxygen atoms in total. The van der Waals surface area contributed by atoms with Crippen molar-refractivity contribution in [1.82, 2.24) is 9.55 Å². The number of fused-ring (bicyclic) bond motifs is 2. The first-order valence-electron chi connectivity index (χ1n) is 11.7. The lowest BCUT2D eigenvalue weighted by Gasteiger charge is -2.16. The smallest absolute Gasteiger partial charge is 0.328 e. The van der Waals surface area contributed by atoms with Crippen LogP contribution in [0.4, 0.5) is 0 Å². The predicted octanol–water partition coefficient (Wildman–Crippen LogP) is 4.11. The third-order valence-corrected chi connectivity index (χ3v) is 6.56. The van der Waals surface area contributed by atoms with Gasteiger partial charge in [-0.2, -0.15) is 0 Å². The highest BCUT2D eigenvalue weighted by Gasteiger charge is 2.40. The van der Waals surface area contributed by atoms with E-state index < -0.39 is 0 Å². The Labute approximate surface area is 178 Å². The summed E-state index contributed by atoms with van der Waals surface area (Å²) < 4.78 is 7.09. The lowest BCUT2D eigenvalue weighted by Crippen LogP contribution is -2.30. The van der Waals surface area contributed by atoms with Gasteiger partial charge >= 0.3 is 11.7 Å². The first kappa shape index (κ1) is 22.6. The molecule has 0 aromatic carbocycles. The predicted molar refractivity (Wildman–Crippen MR) is 117 cm³/mol. The van der Waals surface area contributed by atoms with Gasteiger partial charge in [-0.3, -0.25) is 14.6 Å². The molecule has 1 heterocycles. The van der Waals surface area contributed by atoms with E-state index in [1.54, 1.807) is 17.7 Å². The zero-order chi connectivity index (χ0) is 21.3. The number of carbonyl (C=O) groups excluding carboxylic acids is 1. The molecule has 0 amide bonds. The summed E-state index contributed by atoms with van der Waals surface area (Å²) in [7, 11) is 0. The van der Waals surface area contributed by atoms with Gasteiger partial charge in [0.05, 0.1) is 12.5 Å². The minimum atomic E-state index is -0.316. The number of H-pyrrole nitrogens is 1. The minimum Gasteiger partial charge on any atom is -0.465 e. The van der Waals surface area contributed by atoms with E-state index in [0.29, 0.717) is 30.6 Å². The van der Waals surface area contributed by atoms with Crippen molar-refractivity contribution in [3.63, 3.8) is 0 Å². The fraction of sp³-hybridized carbons (Fsp3) is 0.708. The molecule has 166 valence electrons. The fourth-order valence-corrected chi connectivity index (χ4v) is 4.74. The van der Waals surface area contributed by atoms with Crippen LogP contribution in [0.2, 0.25) is 0 Å². The molecule has 30 heavy (non-hydrogen) atoms. The van der Waals surface area contributed by atoms with Crippen molar-refractivity contribution < 1.29 is 9.53 Å². The summed E-state index contributed by atoms with van der Waals surface area (Å²) in [6, 6.07) is 0. The van der Waals surface area contributed by atoms with Gasteiger partial charge in [-0.1, -0.05) is 57.1 Å². The third kappa shape index (κ3) is 6.44. The highest BCUT2D eigenvalue weighted by atomic mass is 16.5. The van der Waals surface area contributed by atoms with Crippen LogP contribution >= 0.6 is 0 Å². The maximum absolute atomic E-state index is 12.1. The molecule has 0 unspecified atom stereocenters. The lowest BCUT2D eigenvalue weighted by molar-refractivity contribution is -0.149. The van der Waals surface area contributed by atoms with Crippen molar-refractivity contribution in [2.45, 2.75) is 84.1 Å². The molecule has 0 aliphatic heterocycles. The van der Waals surface area contributed by atoms with Crippen LogP contribution in [0.15, 0.2) is 27.9 Å². The summed E-state index contributed by atoms with van der Waals surface area (Å²) in [6.45, 7) is 2.95. The summed E-state index contributed by atoms with van der Waals surface area (Å²) in [5.41, 5.74) is -0.0388. The number of unbranched alkanes of at least 4 members (excludes halogenated alkanes) is 8. The van der Waals surface area contributed by atoms with Crippen LogP contribution in [-0.4, -0.2) is 22.1 Å². The van der Waals surface area contributed by atoms with E-state index in [9.17, 15) is 14.4 Å². The van der Waals surface area contributed by atoms with Crippen molar-refractivity contribution in [2.24, 2.45) is 17.8 Å². The van der Waals surface area contributed by atoms with Crippen molar-refractivity contribution in [1.29, 1.82) is 0 Å². The number of hydrogen-bond donors (Lipinski definition) is 1. The summed E-state index contributed by atoms with van der Waals surface area (Å²) in [4.78, 5) is 37.6. The van der Waals surface area contributed by atoms with Crippen LogP contribution in [0.3, 0.4) is 0 Å². The highest BCUT2D eigenvalue weighted by Crippen LogP contribution is 2.43. The van der Waals surface area contributed by atoms with Gasteiger partial charge in [0, 0.05) is 18.3 Å². The summed E-state index contributed by atoms with van der Waals surface area (Å²) in [5.74, 6) is 1.19. The number of esters is 1. The van der Waals surface area contributed by atoms with E-state index >= 15 is 0 Å². The molecule has 1 aromatic rings. The van der Waals surface area contributed by atoms with Gasteiger partial charge in [-0.25, -0.2) is 4.79 Å². The van der Waals surface area contributed by atoms with Crippen molar-refractivity contribution >= 4 is 5.97 Å². The van der Waals surface area contributed by atoms with Crippen molar-refractivity contribution in [2.75, 3.05) is 6.61 Å². The van der Waals surface area contributed by atoms with Gasteiger partial charge in [0.1, 0.15) is 0 Å². The second-order valence-electron chi connectivity index (χ2n) is 9.00. The Morgan fingerprint density at radius 3 is 2.30 bits per heavy atom. The number of carbonyl (C=O) groups is 1. The Morgan fingerprint density at radius 1 is 1.00 bits per heavy atom. The summed E-state index contributed by atoms with van der Waals surface area (Å²) in [5, 5.41) is 0. The molecule has 0 radical (unpaired) electrons. The Morgan fingerprint density at radius 2 is 1.67 bits per heavy atom. The molecular weight excluding hydrogens is 380 g/mol. The van der Waals surface area contributed by atoms with Crippen LogP contribution in [-0.2, 0) is 16.1 Å². The molecule has 1 N–H and O–H groups in total. The SMILES string of the molecule is Cc1cn(CCCCCCCCCCCOC(=O)[C@@H]2C[C@@H]3C=C[C@H]2C3)c(=O)[nH]c1=O. The topological polar surface area (TPSA) is 81.2 Å². The van der Waals surface area contributed by atoms with E-state index in [1.165, 1.54) is 32.1 Å². The molecule has 2 bridgehead atoms. The maximum Gasteiger partial charge on any atom is 0.328 e. The van der Waals surface area contributed by atoms with E-state index in [0.717, 1.165) is 38.5 Å². The first-order valence-corrected chi connectivity index (χ1v) is 11.7. The monoisotopic (exact) mass is 416 g/mol. The molecule has 3 rings (SSSR count). The van der Waals surface area contributed by atoms with E-state index in [1.807, 2.05) is 0 Å². The molecule has 0 saturated heterocycles. The van der Waals surface area contributed by atoms with Gasteiger partial charge in [-0.05, 0) is 44.4 Å². The van der Waals surface area contributed by atoms with Crippen LogP contribution in [0.25, 0.3) is 0 Å². The zero-order valence-corrected chi connectivity index (χ0v) is 18.2. The number of aromatic nitrogens is 2. The van der Waals surface area contributed by atoms with Crippen LogP contribution in [0.5, 0.6) is 0 Å². The van der Waals surface area contributed by atoms with Crippen molar-refractivity contribution in [3.8, 4) is 0 Å². The third-order valence-electron chi connectivity index (χ3n) is 6.56. The van der Waals surface area contributed by atoms with E-state index in [4.69, 9.17) is 4.74 Å². The minimum absolute atomic E-state index is 0.0196. The molecule has 0 spiro atoms. The second kappa shape index (κ2) is 11.3. The molecule has 1 saturated carbocycles. The number of rotatable bonds is 13. The Hall–Kier alpha value is -2.11. The molecule has 6 heteroatoms. The second-order valence-corrected chi connectivity index (χ2v) is 9.00. The molecule has 3 atom stereocenters. The Kier molecular flexibility index (Phi) is 8.52. The van der Waals surface area contributed by atoms with Gasteiger partial charge in [-0.15, -0.1) is 0 Å². The lowest BCUT2D eigenvalue weighted by atomic mass is 9.94. The average Bonchev–Trinajstić information content (AvgIpc) is 3.36. The number of aryl methyl sites for hydroxylation is 2. The Bertz CT molecular complexity index is 838. The number of nitrogens with one attached hydrogen (secondary N) is 1. The normalized spacial score (nSPS) is 22.0. The highest BCUT2D eigenvalue weighted by molar-refractivity contribution is 5.74. The maximum atomic E-state index is 12.1. The van der Waals surface area contributed by atoms with Gasteiger partial charge in [0.25, 0.3) is 5.56 Å². The number of aromatic amines is 1. The molecular formula is C24H36N2O4. The van der Waals surface area contributed by atoms with Gasteiger partial charge < -0.3 is 9.30 Å². The number of hydrogen-bond acceptors (Lipinski definition) is 4. The number of allylic oxidation sites excluding steroid dienone is 2. The first-order chi connectivity index (χ1) is 14.5. The zero-order valence-electron chi connectivity index (χ0n) is 18.2. The fourth-order valence-electron chi connectivity index (χ4n) is 4.74. The van der Waals surface area contributed by atoms with E-state index in [2.05, 4.69) is 17.1 Å². The van der Waals surface area contributed by atoms with Crippen LogP contribution < -0.4 is 11.2 Å². The number of ether oxygens (including phenoxy) is 1. The molecule has 1 fully saturated rings. The van der Waals surface area contributed by atoms with Crippen LogP contribution in [0, 0.1) is 24.7 Å². The summed E-state index contributed by atoms with van der Waals surface area (Å²) >= 11 is 0. The largest absolute Gasteiger partial charge is 0.465 e. The van der Waals surface area contributed by atoms with Gasteiger partial charge in [0.15, 0.2) is 0 Å². The van der Waals surface area contributed by atoms with Crippen molar-refractivity contribution in [3.05, 3.63) is 44.8 Å². The molecule has 1 aromatic heterocycles. The molecule has 2 aliphatic rings. The quantitative estimate of drug-likeness (QED) is 0.298. The standard InChI is InChI=1S/C24H36N2O4/c1-18-17-26(24(29)25-22(18)27)13-9-7-5-3-2-4-6-8-10-14-30-23(28)21-16-19-11-12-20(21)15-19/h11-12,17,19-21H,2-10,13-16H2,1H3,(H,25,27,29)/t19-,20+,21-/m1/s1. The van der Waals surface area contributed by atoms with E-state index in [-0.39, 0.29) is 23.1 Å². The van der Waals surface area contributed by atoms with Crippen LogP contribution in [0.1, 0.15) is 76.2 Å². The average molecular weight is 417 g/mol. The van der Waals surface area contributed by atoms with Gasteiger partial charge in [0.2, 0.25) is 0 Å². The molecule has 2 aliphatic carbocycles. The number of nitrogens with zero attached hydrogens (tertiary/aromatic N) is 1. The summed E-state index contributed by atoms with van der Waals surface area (Å²) in [6.07, 6.45) is 18.4. The Balaban J connectivity index is 1.12.